The number of aromatic nitrogens is 1. The highest BCUT2D eigenvalue weighted by Gasteiger charge is 2.47. The van der Waals surface area contributed by atoms with E-state index in [2.05, 4.69) is 10.3 Å². The van der Waals surface area contributed by atoms with E-state index >= 15 is 0 Å². The van der Waals surface area contributed by atoms with Gasteiger partial charge in [-0.1, -0.05) is 29.8 Å². The van der Waals surface area contributed by atoms with Crippen LogP contribution in [0, 0.1) is 5.82 Å². The Hall–Kier alpha value is -3.07. The number of ether oxygens (including phenoxy) is 1. The molecule has 2 amide bonds. The molecule has 1 heterocycles. The highest BCUT2D eigenvalue weighted by molar-refractivity contribution is 6.31. The van der Waals surface area contributed by atoms with Crippen molar-refractivity contribution in [3.8, 4) is 5.88 Å². The number of nitrogens with zero attached hydrogens (tertiary/aromatic N) is 2. The topological polar surface area (TPSA) is 54.5 Å². The van der Waals surface area contributed by atoms with Crippen molar-refractivity contribution in [1.82, 2.24) is 9.88 Å². The first-order chi connectivity index (χ1) is 14.7. The third-order valence-corrected chi connectivity index (χ3v) is 4.96. The molecule has 5 nitrogen and oxygen atoms in total. The van der Waals surface area contributed by atoms with Gasteiger partial charge in [0.05, 0.1) is 12.1 Å². The van der Waals surface area contributed by atoms with Gasteiger partial charge < -0.3 is 15.0 Å². The van der Waals surface area contributed by atoms with E-state index in [9.17, 15) is 22.4 Å². The van der Waals surface area contributed by atoms with Gasteiger partial charge in [-0.3, -0.25) is 0 Å². The first-order valence-electron chi connectivity index (χ1n) is 9.18. The molecular weight excluding hydrogens is 438 g/mol. The van der Waals surface area contributed by atoms with Crippen molar-refractivity contribution in [2.24, 2.45) is 0 Å². The molecule has 0 bridgehead atoms. The van der Waals surface area contributed by atoms with Crippen molar-refractivity contribution >= 4 is 34.1 Å². The van der Waals surface area contributed by atoms with Crippen molar-refractivity contribution in [3.63, 3.8) is 0 Å². The van der Waals surface area contributed by atoms with Crippen LogP contribution < -0.4 is 10.1 Å². The molecule has 0 aliphatic carbocycles. The molecule has 10 heteroatoms. The quantitative estimate of drug-likeness (QED) is 0.466. The normalized spacial score (nSPS) is 12.5. The van der Waals surface area contributed by atoms with Crippen LogP contribution >= 0.6 is 11.6 Å². The van der Waals surface area contributed by atoms with Gasteiger partial charge in [0.15, 0.2) is 6.04 Å². The van der Waals surface area contributed by atoms with Gasteiger partial charge in [-0.05, 0) is 36.6 Å². The van der Waals surface area contributed by atoms with E-state index in [1.165, 1.54) is 26.2 Å². The Labute approximate surface area is 180 Å². The molecule has 0 aliphatic rings. The van der Waals surface area contributed by atoms with Crippen LogP contribution in [0.2, 0.25) is 5.02 Å². The third-order valence-electron chi connectivity index (χ3n) is 4.67. The number of rotatable bonds is 5. The van der Waals surface area contributed by atoms with Crippen LogP contribution in [0.5, 0.6) is 5.88 Å². The number of amides is 2. The number of carbonyl (C=O) groups is 1. The van der Waals surface area contributed by atoms with E-state index in [4.69, 9.17) is 16.3 Å². The zero-order valence-corrected chi connectivity index (χ0v) is 17.3. The summed E-state index contributed by atoms with van der Waals surface area (Å²) >= 11 is 5.70. The molecule has 2 aromatic carbocycles. The first kappa shape index (κ1) is 22.6. The van der Waals surface area contributed by atoms with Gasteiger partial charge in [0.25, 0.3) is 0 Å². The summed E-state index contributed by atoms with van der Waals surface area (Å²) in [6.45, 7) is 1.17. The van der Waals surface area contributed by atoms with Gasteiger partial charge in [-0.2, -0.15) is 13.2 Å². The lowest BCUT2D eigenvalue weighted by atomic mass is 9.99. The summed E-state index contributed by atoms with van der Waals surface area (Å²) in [5.74, 6) is -0.537. The van der Waals surface area contributed by atoms with E-state index in [-0.39, 0.29) is 34.1 Å². The molecule has 1 aromatic heterocycles. The smallest absolute Gasteiger partial charge is 0.413 e. The summed E-state index contributed by atoms with van der Waals surface area (Å²) in [4.78, 5) is 17.4. The number of carbonyl (C=O) groups excluding carboxylic acids is 1. The maximum atomic E-state index is 14.2. The maximum Gasteiger partial charge on any atom is 0.413 e. The van der Waals surface area contributed by atoms with Crippen LogP contribution in [-0.4, -0.2) is 35.7 Å². The largest absolute Gasteiger partial charge is 0.481 e. The second-order valence-electron chi connectivity index (χ2n) is 6.56. The number of hydrogen-bond acceptors (Lipinski definition) is 3. The molecule has 1 atom stereocenters. The number of pyridine rings is 1. The third kappa shape index (κ3) is 4.66. The fourth-order valence-corrected chi connectivity index (χ4v) is 3.48. The lowest BCUT2D eigenvalue weighted by Crippen LogP contribution is -2.44. The number of halogens is 5. The zero-order chi connectivity index (χ0) is 22.8. The van der Waals surface area contributed by atoms with Crippen molar-refractivity contribution in [3.05, 3.63) is 65.1 Å². The summed E-state index contributed by atoms with van der Waals surface area (Å²) in [5, 5.41) is 2.72. The predicted molar refractivity (Wildman–Crippen MR) is 110 cm³/mol. The summed E-state index contributed by atoms with van der Waals surface area (Å²) < 4.78 is 61.2. The van der Waals surface area contributed by atoms with E-state index in [0.29, 0.717) is 10.3 Å². The molecule has 3 aromatic rings. The first-order valence-corrected chi connectivity index (χ1v) is 9.56. The van der Waals surface area contributed by atoms with Gasteiger partial charge in [0.2, 0.25) is 5.88 Å². The molecule has 164 valence electrons. The molecule has 0 spiro atoms. The number of nitrogens with one attached hydrogen (secondary N) is 1. The van der Waals surface area contributed by atoms with E-state index in [1.807, 2.05) is 0 Å². The van der Waals surface area contributed by atoms with Gasteiger partial charge >= 0.3 is 12.2 Å². The molecule has 0 unspecified atom stereocenters. The molecule has 0 fully saturated rings. The highest BCUT2D eigenvalue weighted by atomic mass is 35.5. The fraction of sp³-hybridized carbons (Fsp3) is 0.238. The molecular formula is C21H18ClF4N3O2. The summed E-state index contributed by atoms with van der Waals surface area (Å²) in [6.07, 6.45) is -3.74. The van der Waals surface area contributed by atoms with Crippen LogP contribution in [0.1, 0.15) is 18.5 Å². The van der Waals surface area contributed by atoms with E-state index in [1.54, 1.807) is 18.2 Å². The number of alkyl halides is 3. The molecule has 0 radical (unpaired) electrons. The molecule has 0 saturated carbocycles. The van der Waals surface area contributed by atoms with Gasteiger partial charge in [-0.15, -0.1) is 0 Å². The lowest BCUT2D eigenvalue weighted by Gasteiger charge is -2.33. The standard InChI is InChI=1S/C21H18ClF4N3O2/c1-3-29(20(30)28-12-8-9-17(23)16(22)10-12)18(21(24,25)26)15-11-27-19(31-2)14-7-5-4-6-13(14)15/h4-11,18H,3H2,1-2H3,(H,28,30)/t18-/m0/s1. The minimum Gasteiger partial charge on any atom is -0.481 e. The number of methoxy groups -OCH3 is 1. The zero-order valence-electron chi connectivity index (χ0n) is 16.5. The van der Waals surface area contributed by atoms with Gasteiger partial charge in [0, 0.05) is 29.4 Å². The van der Waals surface area contributed by atoms with Crippen molar-refractivity contribution in [2.75, 3.05) is 19.0 Å². The summed E-state index contributed by atoms with van der Waals surface area (Å²) in [7, 11) is 1.37. The Morgan fingerprint density at radius 1 is 1.23 bits per heavy atom. The Balaban J connectivity index is 2.06. The minimum atomic E-state index is -4.80. The van der Waals surface area contributed by atoms with Crippen LogP contribution in [0.4, 0.5) is 28.0 Å². The van der Waals surface area contributed by atoms with Crippen molar-refractivity contribution in [2.45, 2.75) is 19.1 Å². The number of benzene rings is 2. The predicted octanol–water partition coefficient (Wildman–Crippen LogP) is 6.19. The Bertz CT molecular complexity index is 1110. The van der Waals surface area contributed by atoms with Gasteiger partial charge in [0.1, 0.15) is 5.82 Å². The van der Waals surface area contributed by atoms with E-state index < -0.39 is 24.1 Å². The molecule has 3 rings (SSSR count). The fourth-order valence-electron chi connectivity index (χ4n) is 3.30. The average Bonchev–Trinajstić information content (AvgIpc) is 2.73. The average molecular weight is 456 g/mol. The van der Waals surface area contributed by atoms with Crippen LogP contribution in [-0.2, 0) is 0 Å². The molecule has 1 N–H and O–H groups in total. The lowest BCUT2D eigenvalue weighted by molar-refractivity contribution is -0.177. The Kier molecular flexibility index (Phi) is 6.54. The second kappa shape index (κ2) is 8.97. The maximum absolute atomic E-state index is 14.2. The monoisotopic (exact) mass is 455 g/mol. The Morgan fingerprint density at radius 3 is 2.48 bits per heavy atom. The van der Waals surface area contributed by atoms with Crippen LogP contribution in [0.3, 0.4) is 0 Å². The van der Waals surface area contributed by atoms with Crippen molar-refractivity contribution in [1.29, 1.82) is 0 Å². The van der Waals surface area contributed by atoms with Gasteiger partial charge in [-0.25, -0.2) is 14.2 Å². The van der Waals surface area contributed by atoms with Crippen LogP contribution in [0.25, 0.3) is 10.8 Å². The highest BCUT2D eigenvalue weighted by Crippen LogP contribution is 2.41. The SMILES string of the molecule is CCN(C(=O)Nc1ccc(F)c(Cl)c1)[C@@H](c1cnc(OC)c2ccccc12)C(F)(F)F. The molecule has 0 saturated heterocycles. The molecule has 31 heavy (non-hydrogen) atoms. The van der Waals surface area contributed by atoms with E-state index in [0.717, 1.165) is 18.3 Å². The van der Waals surface area contributed by atoms with Crippen molar-refractivity contribution < 1.29 is 27.1 Å². The number of urea groups is 1. The second-order valence-corrected chi connectivity index (χ2v) is 6.96. The number of hydrogen-bond donors (Lipinski definition) is 1. The minimum absolute atomic E-state index is 0.0634. The summed E-state index contributed by atoms with van der Waals surface area (Å²) in [5.41, 5.74) is -0.133. The molecule has 0 aliphatic heterocycles. The Morgan fingerprint density at radius 2 is 1.90 bits per heavy atom. The number of anilines is 1. The summed E-state index contributed by atoms with van der Waals surface area (Å²) in [6, 6.07) is 6.39. The van der Waals surface area contributed by atoms with Crippen LogP contribution in [0.15, 0.2) is 48.7 Å². The number of fused-ring (bicyclic) bond motifs is 1.